The van der Waals surface area contributed by atoms with Gasteiger partial charge in [-0.15, -0.1) is 0 Å². The number of β-amino-alcohol motifs (C(OH)–C–C–N with tert-alkyl or cyclic N) is 1. The highest BCUT2D eigenvalue weighted by Gasteiger charge is 2.26. The number of aliphatic hydroxyl groups is 1. The van der Waals surface area contributed by atoms with Gasteiger partial charge in [-0.3, -0.25) is 9.69 Å². The van der Waals surface area contributed by atoms with E-state index in [1.165, 1.54) is 6.42 Å². The average molecular weight is 284 g/mol. The molecule has 0 radical (unpaired) electrons. The fourth-order valence-electron chi connectivity index (χ4n) is 2.99. The molecule has 1 atom stereocenters. The number of hydrogen-bond acceptors (Lipinski definition) is 4. The fourth-order valence-corrected chi connectivity index (χ4v) is 2.99. The van der Waals surface area contributed by atoms with Crippen molar-refractivity contribution in [1.29, 1.82) is 0 Å². The summed E-state index contributed by atoms with van der Waals surface area (Å²) < 4.78 is 5.64. The van der Waals surface area contributed by atoms with Gasteiger partial charge in [0.25, 0.3) is 0 Å². The van der Waals surface area contributed by atoms with Crippen LogP contribution in [0.3, 0.4) is 0 Å². The molecule has 1 amide bonds. The Morgan fingerprint density at radius 2 is 1.95 bits per heavy atom. The molecule has 0 aromatic heterocycles. The van der Waals surface area contributed by atoms with Crippen LogP contribution in [-0.2, 0) is 9.53 Å². The van der Waals surface area contributed by atoms with Gasteiger partial charge in [-0.05, 0) is 33.1 Å². The molecule has 0 aromatic carbocycles. The van der Waals surface area contributed by atoms with Gasteiger partial charge in [0.2, 0.25) is 5.91 Å². The number of hydrogen-bond donors (Lipinski definition) is 1. The van der Waals surface area contributed by atoms with Crippen LogP contribution in [-0.4, -0.2) is 71.8 Å². The van der Waals surface area contributed by atoms with Gasteiger partial charge in [-0.25, -0.2) is 0 Å². The SMILES string of the molecule is CC(C)(O)CN1CCN(C(=O)CC2CCCCO2)CC1. The molecule has 0 aliphatic carbocycles. The van der Waals surface area contributed by atoms with Gasteiger partial charge in [-0.2, -0.15) is 0 Å². The van der Waals surface area contributed by atoms with E-state index >= 15 is 0 Å². The third-order valence-corrected chi connectivity index (χ3v) is 4.01. The maximum atomic E-state index is 12.2. The second-order valence-corrected chi connectivity index (χ2v) is 6.66. The lowest BCUT2D eigenvalue weighted by Crippen LogP contribution is -2.52. The molecule has 5 nitrogen and oxygen atoms in total. The average Bonchev–Trinajstić information content (AvgIpc) is 2.39. The molecule has 2 aliphatic rings. The van der Waals surface area contributed by atoms with Crippen molar-refractivity contribution in [3.63, 3.8) is 0 Å². The van der Waals surface area contributed by atoms with Crippen molar-refractivity contribution in [3.05, 3.63) is 0 Å². The van der Waals surface area contributed by atoms with Crippen LogP contribution >= 0.6 is 0 Å². The van der Waals surface area contributed by atoms with Crippen LogP contribution in [0.5, 0.6) is 0 Å². The molecule has 1 unspecified atom stereocenters. The van der Waals surface area contributed by atoms with Crippen molar-refractivity contribution in [1.82, 2.24) is 9.80 Å². The zero-order valence-electron chi connectivity index (χ0n) is 12.8. The van der Waals surface area contributed by atoms with Crippen molar-refractivity contribution >= 4 is 5.91 Å². The number of carbonyl (C=O) groups is 1. The van der Waals surface area contributed by atoms with Gasteiger partial charge in [0.1, 0.15) is 0 Å². The second kappa shape index (κ2) is 6.87. The zero-order chi connectivity index (χ0) is 14.6. The predicted molar refractivity (Wildman–Crippen MR) is 77.5 cm³/mol. The maximum Gasteiger partial charge on any atom is 0.225 e. The van der Waals surface area contributed by atoms with Crippen LogP contribution in [0.2, 0.25) is 0 Å². The third kappa shape index (κ3) is 5.04. The topological polar surface area (TPSA) is 53.0 Å². The lowest BCUT2D eigenvalue weighted by atomic mass is 10.1. The Kier molecular flexibility index (Phi) is 5.41. The second-order valence-electron chi connectivity index (χ2n) is 6.66. The molecule has 0 saturated carbocycles. The highest BCUT2D eigenvalue weighted by Crippen LogP contribution is 2.17. The van der Waals surface area contributed by atoms with Gasteiger partial charge in [-0.1, -0.05) is 0 Å². The van der Waals surface area contributed by atoms with E-state index in [0.717, 1.165) is 45.6 Å². The Morgan fingerprint density at radius 3 is 2.50 bits per heavy atom. The first-order chi connectivity index (χ1) is 9.44. The molecule has 2 aliphatic heterocycles. The number of ether oxygens (including phenoxy) is 1. The Morgan fingerprint density at radius 1 is 1.25 bits per heavy atom. The zero-order valence-corrected chi connectivity index (χ0v) is 12.8. The summed E-state index contributed by atoms with van der Waals surface area (Å²) in [6.07, 6.45) is 3.98. The van der Waals surface area contributed by atoms with Crippen molar-refractivity contribution in [3.8, 4) is 0 Å². The Hall–Kier alpha value is -0.650. The highest BCUT2D eigenvalue weighted by atomic mass is 16.5. The Labute approximate surface area is 121 Å². The molecule has 2 saturated heterocycles. The number of nitrogens with zero attached hydrogens (tertiary/aromatic N) is 2. The minimum absolute atomic E-state index is 0.130. The van der Waals surface area contributed by atoms with Crippen LogP contribution in [0.1, 0.15) is 39.5 Å². The molecule has 5 heteroatoms. The first-order valence-electron chi connectivity index (χ1n) is 7.78. The molecular formula is C15H28N2O3. The van der Waals surface area contributed by atoms with E-state index in [0.29, 0.717) is 13.0 Å². The summed E-state index contributed by atoms with van der Waals surface area (Å²) in [7, 11) is 0. The van der Waals surface area contributed by atoms with Crippen LogP contribution in [0.25, 0.3) is 0 Å². The molecule has 0 spiro atoms. The molecule has 2 fully saturated rings. The number of carbonyl (C=O) groups excluding carboxylic acids is 1. The third-order valence-electron chi connectivity index (χ3n) is 4.01. The molecule has 0 aromatic rings. The van der Waals surface area contributed by atoms with Crippen LogP contribution in [0, 0.1) is 0 Å². The van der Waals surface area contributed by atoms with Gasteiger partial charge < -0.3 is 14.7 Å². The summed E-state index contributed by atoms with van der Waals surface area (Å²) in [6.45, 7) is 8.35. The standard InChI is InChI=1S/C15H28N2O3/c1-15(2,19)12-16-6-8-17(9-7-16)14(18)11-13-5-3-4-10-20-13/h13,19H,3-12H2,1-2H3. The number of rotatable bonds is 4. The molecule has 0 bridgehead atoms. The van der Waals surface area contributed by atoms with E-state index < -0.39 is 5.60 Å². The monoisotopic (exact) mass is 284 g/mol. The minimum atomic E-state index is -0.665. The quantitative estimate of drug-likeness (QED) is 0.832. The summed E-state index contributed by atoms with van der Waals surface area (Å²) in [6, 6.07) is 0. The van der Waals surface area contributed by atoms with E-state index in [2.05, 4.69) is 4.90 Å². The van der Waals surface area contributed by atoms with Crippen molar-refractivity contribution < 1.29 is 14.6 Å². The summed E-state index contributed by atoms with van der Waals surface area (Å²) in [5, 5.41) is 9.82. The lowest BCUT2D eigenvalue weighted by Gasteiger charge is -2.37. The normalized spacial score (nSPS) is 25.8. The largest absolute Gasteiger partial charge is 0.389 e. The van der Waals surface area contributed by atoms with Crippen molar-refractivity contribution in [2.75, 3.05) is 39.3 Å². The predicted octanol–water partition coefficient (Wildman–Crippen LogP) is 0.861. The maximum absolute atomic E-state index is 12.2. The molecular weight excluding hydrogens is 256 g/mol. The van der Waals surface area contributed by atoms with Crippen LogP contribution < -0.4 is 0 Å². The van der Waals surface area contributed by atoms with Crippen LogP contribution in [0.15, 0.2) is 0 Å². The van der Waals surface area contributed by atoms with E-state index in [9.17, 15) is 9.90 Å². The molecule has 2 rings (SSSR count). The fraction of sp³-hybridized carbons (Fsp3) is 0.933. The van der Waals surface area contributed by atoms with Gasteiger partial charge in [0.15, 0.2) is 0 Å². The molecule has 20 heavy (non-hydrogen) atoms. The van der Waals surface area contributed by atoms with E-state index in [-0.39, 0.29) is 12.0 Å². The molecule has 2 heterocycles. The first kappa shape index (κ1) is 15.7. The summed E-state index contributed by atoms with van der Waals surface area (Å²) in [5.74, 6) is 0.222. The number of amides is 1. The molecule has 1 N–H and O–H groups in total. The van der Waals surface area contributed by atoms with Gasteiger partial charge in [0.05, 0.1) is 18.1 Å². The Balaban J connectivity index is 1.71. The summed E-state index contributed by atoms with van der Waals surface area (Å²) >= 11 is 0. The number of piperazine rings is 1. The minimum Gasteiger partial charge on any atom is -0.389 e. The molecule has 116 valence electrons. The van der Waals surface area contributed by atoms with Crippen LogP contribution in [0.4, 0.5) is 0 Å². The lowest BCUT2D eigenvalue weighted by molar-refractivity contribution is -0.137. The van der Waals surface area contributed by atoms with Gasteiger partial charge in [0, 0.05) is 39.3 Å². The van der Waals surface area contributed by atoms with Crippen molar-refractivity contribution in [2.45, 2.75) is 51.2 Å². The summed E-state index contributed by atoms with van der Waals surface area (Å²) in [4.78, 5) is 16.4. The van der Waals surface area contributed by atoms with Crippen molar-refractivity contribution in [2.24, 2.45) is 0 Å². The Bertz CT molecular complexity index is 314. The smallest absolute Gasteiger partial charge is 0.225 e. The van der Waals surface area contributed by atoms with E-state index in [1.807, 2.05) is 18.7 Å². The first-order valence-corrected chi connectivity index (χ1v) is 7.78. The summed E-state index contributed by atoms with van der Waals surface area (Å²) in [5.41, 5.74) is -0.665. The van der Waals surface area contributed by atoms with Gasteiger partial charge >= 0.3 is 0 Å². The van der Waals surface area contributed by atoms with E-state index in [4.69, 9.17) is 4.74 Å². The highest BCUT2D eigenvalue weighted by molar-refractivity contribution is 5.76. The van der Waals surface area contributed by atoms with E-state index in [1.54, 1.807) is 0 Å².